The molecule has 0 atom stereocenters. The van der Waals surface area contributed by atoms with Gasteiger partial charge < -0.3 is 20.1 Å². The normalized spacial score (nSPS) is 14.2. The summed E-state index contributed by atoms with van der Waals surface area (Å²) in [4.78, 5) is 25.2. The fourth-order valence-corrected chi connectivity index (χ4v) is 5.38. The van der Waals surface area contributed by atoms with Crippen LogP contribution in [-0.4, -0.2) is 27.3 Å². The second-order valence-corrected chi connectivity index (χ2v) is 9.74. The van der Waals surface area contributed by atoms with E-state index in [1.54, 1.807) is 19.9 Å². The van der Waals surface area contributed by atoms with Crippen molar-refractivity contribution in [3.8, 4) is 11.5 Å². The molecule has 4 rings (SSSR count). The molecule has 0 aromatic heterocycles. The number of carboxylic acid groups (broad SMARTS) is 1. The maximum absolute atomic E-state index is 13.2. The number of aromatic carboxylic acids is 1. The number of hydrogen-bond donors (Lipinski definition) is 3. The zero-order chi connectivity index (χ0) is 24.4. The van der Waals surface area contributed by atoms with Gasteiger partial charge in [0.05, 0.1) is 22.3 Å². The summed E-state index contributed by atoms with van der Waals surface area (Å²) in [5.41, 5.74) is 1.30. The highest BCUT2D eigenvalue weighted by atomic mass is 79.9. The largest absolute Gasteiger partial charge is 0.507 e. The average Bonchev–Trinajstić information content (AvgIpc) is 3.03. The van der Waals surface area contributed by atoms with Gasteiger partial charge >= 0.3 is 11.9 Å². The summed E-state index contributed by atoms with van der Waals surface area (Å²) in [5, 5.41) is 32.1. The summed E-state index contributed by atoms with van der Waals surface area (Å²) < 4.78 is 7.41. The van der Waals surface area contributed by atoms with E-state index in [0.29, 0.717) is 20.1 Å². The Hall–Kier alpha value is -2.84. The maximum Gasteiger partial charge on any atom is 0.341 e. The zero-order valence-corrected chi connectivity index (χ0v) is 21.4. The Morgan fingerprint density at radius 1 is 0.909 bits per heavy atom. The van der Waals surface area contributed by atoms with Crippen LogP contribution in [0.2, 0.25) is 0 Å². The van der Waals surface area contributed by atoms with E-state index in [9.17, 15) is 24.9 Å². The molecule has 170 valence electrons. The fraction of sp³-hybridized carbons (Fsp3) is 0.200. The van der Waals surface area contributed by atoms with Crippen molar-refractivity contribution in [2.45, 2.75) is 33.3 Å². The van der Waals surface area contributed by atoms with Gasteiger partial charge in [-0.1, -0.05) is 44.0 Å². The minimum Gasteiger partial charge on any atom is -0.507 e. The first kappa shape index (κ1) is 23.3. The molecule has 3 aromatic rings. The molecule has 1 aliphatic rings. The summed E-state index contributed by atoms with van der Waals surface area (Å²) in [5.74, 6) is -2.43. The lowest BCUT2D eigenvalue weighted by molar-refractivity contribution is 0.0233. The summed E-state index contributed by atoms with van der Waals surface area (Å²) in [6.45, 7) is 7.15. The van der Waals surface area contributed by atoms with Crippen LogP contribution < -0.4 is 0 Å². The van der Waals surface area contributed by atoms with Crippen LogP contribution in [0.15, 0.2) is 39.3 Å². The Morgan fingerprint density at radius 2 is 1.39 bits per heavy atom. The molecule has 0 saturated carbocycles. The van der Waals surface area contributed by atoms with Crippen molar-refractivity contribution in [2.24, 2.45) is 0 Å². The number of carbonyl (C=O) groups is 2. The molecular formula is C25H20Br2O6. The maximum atomic E-state index is 13.2. The molecule has 0 amide bonds. The van der Waals surface area contributed by atoms with E-state index in [0.717, 1.165) is 11.1 Å². The number of phenols is 2. The van der Waals surface area contributed by atoms with Gasteiger partial charge in [0.25, 0.3) is 0 Å². The Bertz CT molecular complexity index is 1310. The fourth-order valence-electron chi connectivity index (χ4n) is 4.75. The van der Waals surface area contributed by atoms with Gasteiger partial charge in [-0.2, -0.15) is 0 Å². The first-order valence-corrected chi connectivity index (χ1v) is 11.6. The highest BCUT2D eigenvalue weighted by Crippen LogP contribution is 2.56. The summed E-state index contributed by atoms with van der Waals surface area (Å²) in [6.07, 6.45) is 0. The van der Waals surface area contributed by atoms with Crippen molar-refractivity contribution in [3.05, 3.63) is 89.3 Å². The lowest BCUT2D eigenvalue weighted by Gasteiger charge is -2.35. The first-order valence-electron chi connectivity index (χ1n) is 10.0. The second kappa shape index (κ2) is 7.88. The van der Waals surface area contributed by atoms with E-state index in [4.69, 9.17) is 4.74 Å². The molecule has 3 N–H and O–H groups in total. The SMILES string of the molecule is Cc1cc(O)c(C2(c3c(O)cc(C)c(Br)c3C)OC(=O)c3c(C(=O)O)cccc32)c(C)c1Br. The minimum atomic E-state index is -1.79. The standard InChI is InChI=1S/C25H20Br2O6/c1-10-8-16(28)19(12(3)21(10)26)25(20-13(4)22(27)11(2)9-17(20)29)15-7-5-6-14(23(30)31)18(15)24(32)33-25/h5-9,28-29H,1-4H3,(H,30,31). The molecule has 0 aliphatic carbocycles. The number of aromatic hydroxyl groups is 2. The molecule has 1 heterocycles. The highest BCUT2D eigenvalue weighted by Gasteiger charge is 2.54. The first-order chi connectivity index (χ1) is 15.4. The molecule has 0 radical (unpaired) electrons. The molecule has 8 heteroatoms. The van der Waals surface area contributed by atoms with Crippen LogP contribution in [0.3, 0.4) is 0 Å². The molecule has 0 fully saturated rings. The number of phenolic OH excluding ortho intramolecular Hbond substituents is 2. The lowest BCUT2D eigenvalue weighted by Crippen LogP contribution is -2.32. The van der Waals surface area contributed by atoms with Crippen molar-refractivity contribution in [3.63, 3.8) is 0 Å². The number of ether oxygens (including phenoxy) is 1. The molecule has 1 aliphatic heterocycles. The zero-order valence-electron chi connectivity index (χ0n) is 18.2. The number of halogens is 2. The minimum absolute atomic E-state index is 0.115. The number of carboxylic acids is 1. The molecule has 0 saturated heterocycles. The van der Waals surface area contributed by atoms with E-state index in [-0.39, 0.29) is 39.3 Å². The van der Waals surface area contributed by atoms with Crippen LogP contribution in [-0.2, 0) is 10.3 Å². The van der Waals surface area contributed by atoms with E-state index in [1.807, 2.05) is 13.8 Å². The molecule has 33 heavy (non-hydrogen) atoms. The quantitative estimate of drug-likeness (QED) is 0.330. The lowest BCUT2D eigenvalue weighted by atomic mass is 9.74. The predicted molar refractivity (Wildman–Crippen MR) is 129 cm³/mol. The number of benzene rings is 3. The number of carbonyl (C=O) groups excluding carboxylic acids is 1. The van der Waals surface area contributed by atoms with Gasteiger partial charge in [-0.3, -0.25) is 0 Å². The van der Waals surface area contributed by atoms with Crippen LogP contribution >= 0.6 is 31.9 Å². The second-order valence-electron chi connectivity index (χ2n) is 8.16. The molecule has 0 bridgehead atoms. The Labute approximate surface area is 207 Å². The van der Waals surface area contributed by atoms with Crippen molar-refractivity contribution in [1.82, 2.24) is 0 Å². The van der Waals surface area contributed by atoms with Gasteiger partial charge in [0.15, 0.2) is 5.60 Å². The van der Waals surface area contributed by atoms with E-state index in [1.165, 1.54) is 24.3 Å². The van der Waals surface area contributed by atoms with Crippen LogP contribution in [0.5, 0.6) is 11.5 Å². The topological polar surface area (TPSA) is 104 Å². The molecule has 3 aromatic carbocycles. The van der Waals surface area contributed by atoms with Crippen LogP contribution in [0.25, 0.3) is 0 Å². The van der Waals surface area contributed by atoms with Crippen molar-refractivity contribution >= 4 is 43.8 Å². The van der Waals surface area contributed by atoms with Gasteiger partial charge in [-0.15, -0.1) is 0 Å². The monoisotopic (exact) mass is 574 g/mol. The van der Waals surface area contributed by atoms with Gasteiger partial charge in [-0.25, -0.2) is 9.59 Å². The van der Waals surface area contributed by atoms with Gasteiger partial charge in [0, 0.05) is 14.5 Å². The van der Waals surface area contributed by atoms with Gasteiger partial charge in [0.2, 0.25) is 0 Å². The van der Waals surface area contributed by atoms with Crippen LogP contribution in [0, 0.1) is 27.7 Å². The Kier molecular flexibility index (Phi) is 5.57. The van der Waals surface area contributed by atoms with Gasteiger partial charge in [0.1, 0.15) is 11.5 Å². The smallest absolute Gasteiger partial charge is 0.341 e. The third-order valence-corrected chi connectivity index (χ3v) is 8.59. The number of aryl methyl sites for hydroxylation is 2. The number of cyclic esters (lactones) is 1. The number of esters is 1. The molecule has 0 unspecified atom stereocenters. The number of rotatable bonds is 3. The third-order valence-electron chi connectivity index (χ3n) is 6.15. The van der Waals surface area contributed by atoms with E-state index >= 15 is 0 Å². The summed E-state index contributed by atoms with van der Waals surface area (Å²) in [6, 6.07) is 7.51. The number of hydrogen-bond acceptors (Lipinski definition) is 5. The van der Waals surface area contributed by atoms with E-state index in [2.05, 4.69) is 31.9 Å². The Balaban J connectivity index is 2.28. The van der Waals surface area contributed by atoms with Crippen molar-refractivity contribution in [1.29, 1.82) is 0 Å². The molecular weight excluding hydrogens is 556 g/mol. The van der Waals surface area contributed by atoms with Crippen LogP contribution in [0.1, 0.15) is 59.7 Å². The van der Waals surface area contributed by atoms with Crippen molar-refractivity contribution in [2.75, 3.05) is 0 Å². The summed E-state index contributed by atoms with van der Waals surface area (Å²) >= 11 is 7.09. The van der Waals surface area contributed by atoms with E-state index < -0.39 is 17.5 Å². The Morgan fingerprint density at radius 3 is 1.85 bits per heavy atom. The molecule has 6 nitrogen and oxygen atoms in total. The third kappa shape index (κ3) is 3.19. The number of fused-ring (bicyclic) bond motifs is 1. The van der Waals surface area contributed by atoms with Crippen LogP contribution in [0.4, 0.5) is 0 Å². The van der Waals surface area contributed by atoms with Crippen molar-refractivity contribution < 1.29 is 29.6 Å². The summed E-state index contributed by atoms with van der Waals surface area (Å²) in [7, 11) is 0. The predicted octanol–water partition coefficient (Wildman–Crippen LogP) is 6.02. The average molecular weight is 576 g/mol. The molecule has 0 spiro atoms. The highest BCUT2D eigenvalue weighted by molar-refractivity contribution is 9.10. The van der Waals surface area contributed by atoms with Gasteiger partial charge in [-0.05, 0) is 68.1 Å².